The van der Waals surface area contributed by atoms with Crippen molar-refractivity contribution >= 4 is 0 Å². The molecule has 3 rings (SSSR count). The van der Waals surface area contributed by atoms with Gasteiger partial charge in [-0.15, -0.1) is 0 Å². The maximum Gasteiger partial charge on any atom is 0.234 e. The summed E-state index contributed by atoms with van der Waals surface area (Å²) in [5.74, 6) is 1.42. The summed E-state index contributed by atoms with van der Waals surface area (Å²) in [6.45, 7) is 2.16. The molecule has 2 fully saturated rings. The van der Waals surface area contributed by atoms with Gasteiger partial charge in [0.05, 0.1) is 5.41 Å². The first-order valence-corrected chi connectivity index (χ1v) is 8.26. The van der Waals surface area contributed by atoms with Crippen LogP contribution in [0.1, 0.15) is 76.4 Å². The van der Waals surface area contributed by atoms with E-state index in [1.807, 2.05) is 0 Å². The van der Waals surface area contributed by atoms with Crippen LogP contribution in [0.4, 0.5) is 0 Å². The Labute approximate surface area is 126 Å². The third kappa shape index (κ3) is 2.50. The van der Waals surface area contributed by atoms with Gasteiger partial charge in [0.1, 0.15) is 5.60 Å². The van der Waals surface area contributed by atoms with Gasteiger partial charge < -0.3 is 15.0 Å². The van der Waals surface area contributed by atoms with Crippen molar-refractivity contribution in [2.45, 2.75) is 81.8 Å². The smallest absolute Gasteiger partial charge is 0.234 e. The zero-order valence-electron chi connectivity index (χ0n) is 13.2. The molecular weight excluding hydrogens is 266 g/mol. The number of ether oxygens (including phenoxy) is 1. The van der Waals surface area contributed by atoms with Crippen LogP contribution >= 0.6 is 0 Å². The van der Waals surface area contributed by atoms with Gasteiger partial charge in [0, 0.05) is 13.2 Å². The Kier molecular flexibility index (Phi) is 4.06. The molecule has 0 bridgehead atoms. The highest BCUT2D eigenvalue weighted by Crippen LogP contribution is 2.41. The van der Waals surface area contributed by atoms with Crippen LogP contribution in [0.3, 0.4) is 0 Å². The number of nitrogens with two attached hydrogens (primary N) is 1. The van der Waals surface area contributed by atoms with E-state index in [0.717, 1.165) is 44.3 Å². The molecule has 2 unspecified atom stereocenters. The summed E-state index contributed by atoms with van der Waals surface area (Å²) >= 11 is 0. The van der Waals surface area contributed by atoms with E-state index in [-0.39, 0.29) is 17.1 Å². The molecule has 0 spiro atoms. The zero-order valence-corrected chi connectivity index (χ0v) is 13.2. The van der Waals surface area contributed by atoms with Crippen molar-refractivity contribution in [3.63, 3.8) is 0 Å². The summed E-state index contributed by atoms with van der Waals surface area (Å²) in [7, 11) is 1.76. The van der Waals surface area contributed by atoms with Crippen molar-refractivity contribution in [2.24, 2.45) is 5.73 Å². The maximum absolute atomic E-state index is 6.34. The first kappa shape index (κ1) is 15.0. The number of methoxy groups -OCH3 is 1. The minimum absolute atomic E-state index is 0.101. The number of nitrogens with zero attached hydrogens (tertiary/aromatic N) is 2. The van der Waals surface area contributed by atoms with E-state index in [9.17, 15) is 0 Å². The fraction of sp³-hybridized carbons (Fsp3) is 0.875. The van der Waals surface area contributed by atoms with Crippen molar-refractivity contribution in [3.05, 3.63) is 11.7 Å². The SMILES string of the molecule is COC1(c2noc(C3(C)CCCCC3N)n2)CCCCC1. The Morgan fingerprint density at radius 3 is 2.52 bits per heavy atom. The van der Waals surface area contributed by atoms with Gasteiger partial charge >= 0.3 is 0 Å². The second-order valence-electron chi connectivity index (χ2n) is 6.95. The molecule has 1 heterocycles. The summed E-state index contributed by atoms with van der Waals surface area (Å²) < 4.78 is 11.4. The highest BCUT2D eigenvalue weighted by Gasteiger charge is 2.44. The minimum Gasteiger partial charge on any atom is -0.370 e. The molecule has 2 atom stereocenters. The van der Waals surface area contributed by atoms with Gasteiger partial charge in [-0.25, -0.2) is 0 Å². The van der Waals surface area contributed by atoms with Crippen molar-refractivity contribution in [3.8, 4) is 0 Å². The molecule has 5 nitrogen and oxygen atoms in total. The van der Waals surface area contributed by atoms with Crippen LogP contribution in [0, 0.1) is 0 Å². The van der Waals surface area contributed by atoms with E-state index in [1.165, 1.54) is 19.3 Å². The zero-order chi connectivity index (χ0) is 14.9. The van der Waals surface area contributed by atoms with Gasteiger partial charge in [-0.05, 0) is 32.6 Å². The lowest BCUT2D eigenvalue weighted by Crippen LogP contribution is -2.46. The van der Waals surface area contributed by atoms with E-state index in [4.69, 9.17) is 20.0 Å². The van der Waals surface area contributed by atoms with E-state index >= 15 is 0 Å². The number of hydrogen-bond donors (Lipinski definition) is 1. The van der Waals surface area contributed by atoms with E-state index in [2.05, 4.69) is 12.1 Å². The molecule has 1 aromatic heterocycles. The van der Waals surface area contributed by atoms with Crippen molar-refractivity contribution in [1.82, 2.24) is 10.1 Å². The molecule has 118 valence electrons. The molecule has 2 N–H and O–H groups in total. The molecule has 1 aromatic rings. The third-order valence-electron chi connectivity index (χ3n) is 5.65. The molecule has 0 aliphatic heterocycles. The molecule has 0 saturated heterocycles. The molecular formula is C16H27N3O2. The van der Waals surface area contributed by atoms with Crippen LogP contribution in [0.5, 0.6) is 0 Å². The quantitative estimate of drug-likeness (QED) is 0.927. The standard InChI is InChI=1S/C16H27N3O2/c1-15(9-7-4-8-12(15)17)14-18-13(19-21-14)16(20-2)10-5-3-6-11-16/h12H,3-11,17H2,1-2H3. The topological polar surface area (TPSA) is 74.2 Å². The summed E-state index contributed by atoms with van der Waals surface area (Å²) in [6.07, 6.45) is 9.97. The van der Waals surface area contributed by atoms with Crippen molar-refractivity contribution in [1.29, 1.82) is 0 Å². The van der Waals surface area contributed by atoms with Gasteiger partial charge in [-0.3, -0.25) is 0 Å². The Bertz CT molecular complexity index is 460. The van der Waals surface area contributed by atoms with Crippen LogP contribution in [0.15, 0.2) is 4.52 Å². The van der Waals surface area contributed by atoms with Gasteiger partial charge in [0.2, 0.25) is 11.7 Å². The fourth-order valence-corrected chi connectivity index (χ4v) is 3.91. The second kappa shape index (κ2) is 5.69. The van der Waals surface area contributed by atoms with Crippen molar-refractivity contribution < 1.29 is 9.26 Å². The largest absolute Gasteiger partial charge is 0.370 e. The van der Waals surface area contributed by atoms with Crippen LogP contribution in [0.25, 0.3) is 0 Å². The summed E-state index contributed by atoms with van der Waals surface area (Å²) in [5.41, 5.74) is 5.80. The lowest BCUT2D eigenvalue weighted by atomic mass is 9.72. The maximum atomic E-state index is 6.34. The first-order chi connectivity index (χ1) is 10.1. The normalized spacial score (nSPS) is 33.0. The highest BCUT2D eigenvalue weighted by molar-refractivity contribution is 5.13. The minimum atomic E-state index is -0.352. The first-order valence-electron chi connectivity index (χ1n) is 8.26. The van der Waals surface area contributed by atoms with Crippen LogP contribution in [-0.4, -0.2) is 23.3 Å². The summed E-state index contributed by atoms with van der Waals surface area (Å²) in [5, 5.41) is 4.27. The number of aromatic nitrogens is 2. The van der Waals surface area contributed by atoms with Gasteiger partial charge in [0.15, 0.2) is 0 Å². The summed E-state index contributed by atoms with van der Waals surface area (Å²) in [6, 6.07) is 0.101. The predicted molar refractivity (Wildman–Crippen MR) is 79.9 cm³/mol. The Hall–Kier alpha value is -0.940. The van der Waals surface area contributed by atoms with Gasteiger partial charge in [-0.2, -0.15) is 4.98 Å². The Morgan fingerprint density at radius 1 is 1.14 bits per heavy atom. The molecule has 5 heteroatoms. The second-order valence-corrected chi connectivity index (χ2v) is 6.95. The van der Waals surface area contributed by atoms with Crippen LogP contribution < -0.4 is 5.73 Å². The Balaban J connectivity index is 1.88. The van der Waals surface area contributed by atoms with Gasteiger partial charge in [-0.1, -0.05) is 37.3 Å². The van der Waals surface area contributed by atoms with Gasteiger partial charge in [0.25, 0.3) is 0 Å². The molecule has 21 heavy (non-hydrogen) atoms. The van der Waals surface area contributed by atoms with Crippen molar-refractivity contribution in [2.75, 3.05) is 7.11 Å². The molecule has 2 aliphatic carbocycles. The molecule has 0 aromatic carbocycles. The fourth-order valence-electron chi connectivity index (χ4n) is 3.91. The molecule has 0 amide bonds. The predicted octanol–water partition coefficient (Wildman–Crippen LogP) is 3.03. The lowest BCUT2D eigenvalue weighted by molar-refractivity contribution is -0.0527. The van der Waals surface area contributed by atoms with Crippen LogP contribution in [-0.2, 0) is 15.8 Å². The highest BCUT2D eigenvalue weighted by atomic mass is 16.5. The van der Waals surface area contributed by atoms with Crippen LogP contribution in [0.2, 0.25) is 0 Å². The monoisotopic (exact) mass is 293 g/mol. The number of rotatable bonds is 3. The number of hydrogen-bond acceptors (Lipinski definition) is 5. The lowest BCUT2D eigenvalue weighted by Gasteiger charge is -2.36. The van der Waals surface area contributed by atoms with E-state index < -0.39 is 0 Å². The average molecular weight is 293 g/mol. The van der Waals surface area contributed by atoms with E-state index in [0.29, 0.717) is 5.89 Å². The molecule has 2 aliphatic rings. The molecule has 0 radical (unpaired) electrons. The van der Waals surface area contributed by atoms with E-state index in [1.54, 1.807) is 7.11 Å². The third-order valence-corrected chi connectivity index (χ3v) is 5.65. The summed E-state index contributed by atoms with van der Waals surface area (Å²) in [4.78, 5) is 4.74. The molecule has 2 saturated carbocycles. The average Bonchev–Trinajstić information content (AvgIpc) is 3.02. The Morgan fingerprint density at radius 2 is 1.86 bits per heavy atom.